The quantitative estimate of drug-likeness (QED) is 0.233. The van der Waals surface area contributed by atoms with Crippen LogP contribution in [0.1, 0.15) is 13.3 Å². The Bertz CT molecular complexity index is 201. The van der Waals surface area contributed by atoms with E-state index >= 15 is 0 Å². The van der Waals surface area contributed by atoms with Crippen molar-refractivity contribution in [1.29, 1.82) is 0 Å². The van der Waals surface area contributed by atoms with E-state index in [1.807, 2.05) is 0 Å². The highest BCUT2D eigenvalue weighted by Crippen LogP contribution is 2.10. The molecule has 13 heavy (non-hydrogen) atoms. The summed E-state index contributed by atoms with van der Waals surface area (Å²) in [4.78, 5) is 0. The summed E-state index contributed by atoms with van der Waals surface area (Å²) >= 11 is 4.30. The van der Waals surface area contributed by atoms with Crippen LogP contribution in [-0.4, -0.2) is 35.0 Å². The maximum Gasteiger partial charge on any atom is 0.469 e. The maximum absolute atomic E-state index is 8.83. The molecule has 0 radical (unpaired) electrons. The van der Waals surface area contributed by atoms with Crippen molar-refractivity contribution in [2.24, 2.45) is 0 Å². The molecular weight excluding hydrogens is 187 g/mol. The lowest BCUT2D eigenvalue weighted by Crippen LogP contribution is -2.46. The van der Waals surface area contributed by atoms with Crippen LogP contribution in [0.4, 0.5) is 0 Å². The topological polar surface area (TPSA) is 64.5 Å². The molecule has 1 aliphatic rings. The molecule has 1 rings (SSSR count). The van der Waals surface area contributed by atoms with Gasteiger partial charge in [-0.3, -0.25) is 5.32 Å². The zero-order valence-electron chi connectivity index (χ0n) is 7.57. The zero-order chi connectivity index (χ0) is 9.84. The first-order valence-corrected chi connectivity index (χ1v) is 4.87. The molecule has 0 fully saturated rings. The number of hydrogen-bond donors (Lipinski definition) is 5. The molecule has 6 heteroatoms. The third-order valence-corrected chi connectivity index (χ3v) is 2.43. The van der Waals surface area contributed by atoms with Crippen molar-refractivity contribution in [2.45, 2.75) is 24.7 Å². The average Bonchev–Trinajstić information content (AvgIpc) is 2.55. The summed E-state index contributed by atoms with van der Waals surface area (Å²) < 4.78 is 0. The van der Waals surface area contributed by atoms with E-state index in [4.69, 9.17) is 10.0 Å². The molecule has 0 aromatic heterocycles. The molecule has 0 aliphatic carbocycles. The van der Waals surface area contributed by atoms with E-state index in [1.165, 1.54) is 0 Å². The largest absolute Gasteiger partial charge is 0.469 e. The predicted octanol–water partition coefficient (Wildman–Crippen LogP) is -0.890. The van der Waals surface area contributed by atoms with Crippen LogP contribution < -0.4 is 10.6 Å². The van der Waals surface area contributed by atoms with Crippen LogP contribution in [0.15, 0.2) is 11.8 Å². The van der Waals surface area contributed by atoms with Crippen LogP contribution >= 0.6 is 12.6 Å². The molecule has 2 unspecified atom stereocenters. The van der Waals surface area contributed by atoms with Gasteiger partial charge in [-0.25, -0.2) is 0 Å². The van der Waals surface area contributed by atoms with Gasteiger partial charge >= 0.3 is 7.12 Å². The van der Waals surface area contributed by atoms with Crippen molar-refractivity contribution in [3.63, 3.8) is 0 Å². The summed E-state index contributed by atoms with van der Waals surface area (Å²) in [6.07, 6.45) is 3.06. The molecule has 0 amide bonds. The average molecular weight is 202 g/mol. The highest BCUT2D eigenvalue weighted by atomic mass is 32.1. The van der Waals surface area contributed by atoms with Gasteiger partial charge in [0.1, 0.15) is 0 Å². The second-order valence-electron chi connectivity index (χ2n) is 3.15. The molecular formula is C7H15BN2O2S. The van der Waals surface area contributed by atoms with E-state index < -0.39 is 7.12 Å². The van der Waals surface area contributed by atoms with Gasteiger partial charge in [0, 0.05) is 18.2 Å². The van der Waals surface area contributed by atoms with Crippen LogP contribution in [0.2, 0.25) is 0 Å². The zero-order valence-corrected chi connectivity index (χ0v) is 8.46. The molecule has 4 nitrogen and oxygen atoms in total. The summed E-state index contributed by atoms with van der Waals surface area (Å²) in [5, 5.41) is 23.6. The van der Waals surface area contributed by atoms with Crippen molar-refractivity contribution in [1.82, 2.24) is 10.6 Å². The summed E-state index contributed by atoms with van der Waals surface area (Å²) in [6, 6.07) is 0. The van der Waals surface area contributed by atoms with E-state index in [1.54, 1.807) is 6.92 Å². The van der Waals surface area contributed by atoms with Crippen LogP contribution in [0.25, 0.3) is 0 Å². The Labute approximate surface area is 84.0 Å². The molecule has 0 aromatic rings. The van der Waals surface area contributed by atoms with E-state index in [0.29, 0.717) is 0 Å². The Hall–Kier alpha value is -0.165. The van der Waals surface area contributed by atoms with Gasteiger partial charge in [0.15, 0.2) is 0 Å². The van der Waals surface area contributed by atoms with E-state index in [0.717, 1.165) is 18.7 Å². The first-order chi connectivity index (χ1) is 6.11. The molecule has 4 N–H and O–H groups in total. The van der Waals surface area contributed by atoms with Gasteiger partial charge in [-0.2, -0.15) is 12.6 Å². The van der Waals surface area contributed by atoms with Crippen LogP contribution in [-0.2, 0) is 0 Å². The van der Waals surface area contributed by atoms with Crippen molar-refractivity contribution in [3.8, 4) is 0 Å². The second-order valence-corrected chi connectivity index (χ2v) is 3.66. The molecule has 0 spiro atoms. The Balaban J connectivity index is 2.35. The Kier molecular flexibility index (Phi) is 4.12. The molecule has 0 bridgehead atoms. The smallest absolute Gasteiger partial charge is 0.426 e. The van der Waals surface area contributed by atoms with E-state index in [2.05, 4.69) is 29.3 Å². The summed E-state index contributed by atoms with van der Waals surface area (Å²) in [6.45, 7) is 2.63. The Morgan fingerprint density at radius 1 is 1.69 bits per heavy atom. The predicted molar refractivity (Wildman–Crippen MR) is 56.3 cm³/mol. The SMILES string of the molecule is CC(NC(S)C1=CCCN1)B(O)O. The third-order valence-electron chi connectivity index (χ3n) is 2.00. The Morgan fingerprint density at radius 3 is 2.85 bits per heavy atom. The molecule has 1 heterocycles. The highest BCUT2D eigenvalue weighted by Gasteiger charge is 2.22. The van der Waals surface area contributed by atoms with Crippen LogP contribution in [0, 0.1) is 0 Å². The minimum atomic E-state index is -1.35. The Morgan fingerprint density at radius 2 is 2.38 bits per heavy atom. The van der Waals surface area contributed by atoms with Gasteiger partial charge in [0.2, 0.25) is 0 Å². The molecule has 0 aromatic carbocycles. The van der Waals surface area contributed by atoms with Crippen molar-refractivity contribution in [3.05, 3.63) is 11.8 Å². The lowest BCUT2D eigenvalue weighted by Gasteiger charge is -2.19. The monoisotopic (exact) mass is 202 g/mol. The standard InChI is InChI=1S/C7H15BN2O2S/c1-5(8(11)12)10-7(13)6-3-2-4-9-6/h3,5,7,9-13H,2,4H2,1H3. The summed E-state index contributed by atoms with van der Waals surface area (Å²) in [7, 11) is -1.35. The van der Waals surface area contributed by atoms with Gasteiger partial charge in [-0.1, -0.05) is 13.0 Å². The van der Waals surface area contributed by atoms with Crippen LogP contribution in [0.5, 0.6) is 0 Å². The molecule has 0 saturated heterocycles. The number of rotatable bonds is 4. The fourth-order valence-electron chi connectivity index (χ4n) is 1.15. The minimum Gasteiger partial charge on any atom is -0.426 e. The normalized spacial score (nSPS) is 20.5. The van der Waals surface area contributed by atoms with Crippen molar-refractivity contribution >= 4 is 19.7 Å². The maximum atomic E-state index is 8.83. The summed E-state index contributed by atoms with van der Waals surface area (Å²) in [5.41, 5.74) is 1.01. The number of thiol groups is 1. The lowest BCUT2D eigenvalue weighted by atomic mass is 9.81. The number of hydrogen-bond acceptors (Lipinski definition) is 5. The van der Waals surface area contributed by atoms with Gasteiger partial charge in [0.25, 0.3) is 0 Å². The molecule has 2 atom stereocenters. The van der Waals surface area contributed by atoms with E-state index in [9.17, 15) is 0 Å². The van der Waals surface area contributed by atoms with Gasteiger partial charge in [0.05, 0.1) is 5.37 Å². The van der Waals surface area contributed by atoms with Crippen molar-refractivity contribution < 1.29 is 10.0 Å². The molecule has 74 valence electrons. The highest BCUT2D eigenvalue weighted by molar-refractivity contribution is 7.81. The van der Waals surface area contributed by atoms with Crippen molar-refractivity contribution in [2.75, 3.05) is 6.54 Å². The molecule has 0 saturated carbocycles. The van der Waals surface area contributed by atoms with Gasteiger partial charge < -0.3 is 15.4 Å². The summed E-state index contributed by atoms with van der Waals surface area (Å²) in [5.74, 6) is -0.384. The minimum absolute atomic E-state index is 0.153. The first kappa shape index (κ1) is 10.9. The first-order valence-electron chi connectivity index (χ1n) is 4.35. The second kappa shape index (κ2) is 4.90. The van der Waals surface area contributed by atoms with Gasteiger partial charge in [-0.05, 0) is 6.42 Å². The van der Waals surface area contributed by atoms with E-state index in [-0.39, 0.29) is 11.3 Å². The third kappa shape index (κ3) is 3.23. The fraction of sp³-hybridized carbons (Fsp3) is 0.714. The van der Waals surface area contributed by atoms with Crippen LogP contribution in [0.3, 0.4) is 0 Å². The molecule has 1 aliphatic heterocycles. The number of nitrogens with one attached hydrogen (secondary N) is 2. The fourth-order valence-corrected chi connectivity index (χ4v) is 1.58. The van der Waals surface area contributed by atoms with Gasteiger partial charge in [-0.15, -0.1) is 0 Å². The lowest BCUT2D eigenvalue weighted by molar-refractivity contribution is 0.375.